The molecular formula is C10H8N2. The number of nitriles is 1. The number of benzene rings is 1. The Morgan fingerprint density at radius 1 is 1.42 bits per heavy atom. The number of hydrogen-bond donors (Lipinski definition) is 0. The van der Waals surface area contributed by atoms with E-state index in [2.05, 4.69) is 11.1 Å². The lowest BCUT2D eigenvalue weighted by atomic mass is 9.98. The summed E-state index contributed by atoms with van der Waals surface area (Å²) in [5.41, 5.74) is 3.04. The van der Waals surface area contributed by atoms with E-state index in [0.29, 0.717) is 0 Å². The fraction of sp³-hybridized carbons (Fsp3) is 0.200. The monoisotopic (exact) mass is 156 g/mol. The lowest BCUT2D eigenvalue weighted by Gasteiger charge is -2.10. The molecule has 1 heterocycles. The minimum Gasteiger partial charge on any atom is -0.292 e. The van der Waals surface area contributed by atoms with Gasteiger partial charge >= 0.3 is 0 Å². The van der Waals surface area contributed by atoms with Crippen LogP contribution in [0.25, 0.3) is 0 Å². The largest absolute Gasteiger partial charge is 0.292 e. The molecule has 58 valence electrons. The summed E-state index contributed by atoms with van der Waals surface area (Å²) in [7, 11) is 0. The lowest BCUT2D eigenvalue weighted by Crippen LogP contribution is -2.04. The fourth-order valence-corrected chi connectivity index (χ4v) is 1.45. The molecule has 0 aromatic heterocycles. The zero-order valence-electron chi connectivity index (χ0n) is 6.62. The van der Waals surface area contributed by atoms with Gasteiger partial charge in [-0.1, -0.05) is 12.1 Å². The van der Waals surface area contributed by atoms with Gasteiger partial charge in [0.1, 0.15) is 0 Å². The first-order valence-corrected chi connectivity index (χ1v) is 3.93. The van der Waals surface area contributed by atoms with Gasteiger partial charge in [0.25, 0.3) is 0 Å². The summed E-state index contributed by atoms with van der Waals surface area (Å²) < 4.78 is 0. The summed E-state index contributed by atoms with van der Waals surface area (Å²) in [4.78, 5) is 4.16. The Labute approximate surface area is 71.2 Å². The maximum Gasteiger partial charge on any atom is 0.0994 e. The molecular weight excluding hydrogens is 148 g/mol. The predicted molar refractivity (Wildman–Crippen MR) is 47.3 cm³/mol. The average molecular weight is 156 g/mol. The first-order valence-electron chi connectivity index (χ1n) is 3.93. The van der Waals surface area contributed by atoms with Crippen molar-refractivity contribution in [3.8, 4) is 6.07 Å². The number of hydrogen-bond acceptors (Lipinski definition) is 2. The maximum absolute atomic E-state index is 8.80. The number of aliphatic imine (C=N–C) groups is 1. The molecule has 0 fully saturated rings. The number of fused-ring (bicyclic) bond motifs is 1. The second kappa shape index (κ2) is 2.78. The van der Waals surface area contributed by atoms with Crippen molar-refractivity contribution in [2.45, 2.75) is 6.42 Å². The van der Waals surface area contributed by atoms with E-state index in [1.807, 2.05) is 24.4 Å². The van der Waals surface area contributed by atoms with Gasteiger partial charge in [0.2, 0.25) is 0 Å². The third-order valence-electron chi connectivity index (χ3n) is 2.05. The summed E-state index contributed by atoms with van der Waals surface area (Å²) in [6.45, 7) is 0.811. The first kappa shape index (κ1) is 7.05. The molecule has 0 spiro atoms. The Kier molecular flexibility index (Phi) is 1.64. The third kappa shape index (κ3) is 0.998. The smallest absolute Gasteiger partial charge is 0.0994 e. The van der Waals surface area contributed by atoms with Crippen LogP contribution >= 0.6 is 0 Å². The Morgan fingerprint density at radius 2 is 2.33 bits per heavy atom. The Bertz CT molecular complexity index is 372. The maximum atomic E-state index is 8.80. The average Bonchev–Trinajstić information content (AvgIpc) is 2.17. The second-order valence-electron chi connectivity index (χ2n) is 2.77. The van der Waals surface area contributed by atoms with E-state index >= 15 is 0 Å². The first-order chi connectivity index (χ1) is 5.92. The van der Waals surface area contributed by atoms with Crippen LogP contribution in [0.5, 0.6) is 0 Å². The van der Waals surface area contributed by atoms with Gasteiger partial charge in [-0.2, -0.15) is 5.26 Å². The van der Waals surface area contributed by atoms with E-state index < -0.39 is 0 Å². The van der Waals surface area contributed by atoms with E-state index in [9.17, 15) is 0 Å². The Balaban J connectivity index is 2.63. The van der Waals surface area contributed by atoms with Gasteiger partial charge in [-0.25, -0.2) is 0 Å². The van der Waals surface area contributed by atoms with Crippen LogP contribution in [0.4, 0.5) is 0 Å². The fourth-order valence-electron chi connectivity index (χ4n) is 1.45. The Hall–Kier alpha value is -1.62. The normalized spacial score (nSPS) is 13.6. The molecule has 0 unspecified atom stereocenters. The third-order valence-corrected chi connectivity index (χ3v) is 2.05. The molecule has 0 saturated heterocycles. The molecule has 2 heteroatoms. The highest BCUT2D eigenvalue weighted by atomic mass is 14.7. The van der Waals surface area contributed by atoms with Crippen molar-refractivity contribution in [2.75, 3.05) is 6.54 Å². The van der Waals surface area contributed by atoms with Gasteiger partial charge in [0, 0.05) is 12.8 Å². The van der Waals surface area contributed by atoms with Gasteiger partial charge in [0.05, 0.1) is 11.6 Å². The molecule has 0 N–H and O–H groups in total. The van der Waals surface area contributed by atoms with Gasteiger partial charge in [-0.15, -0.1) is 0 Å². The molecule has 1 aliphatic heterocycles. The number of rotatable bonds is 0. The topological polar surface area (TPSA) is 36.1 Å². The van der Waals surface area contributed by atoms with Crippen molar-refractivity contribution in [3.05, 3.63) is 34.9 Å². The lowest BCUT2D eigenvalue weighted by molar-refractivity contribution is 0.948. The summed E-state index contributed by atoms with van der Waals surface area (Å²) in [5, 5.41) is 8.80. The van der Waals surface area contributed by atoms with Crippen molar-refractivity contribution < 1.29 is 0 Å². The minimum absolute atomic E-state index is 0.790. The molecule has 0 amide bonds. The highest BCUT2D eigenvalue weighted by Crippen LogP contribution is 2.16. The molecule has 0 atom stereocenters. The van der Waals surface area contributed by atoms with E-state index in [4.69, 9.17) is 5.26 Å². The molecule has 1 aliphatic rings. The minimum atomic E-state index is 0.790. The van der Waals surface area contributed by atoms with Gasteiger partial charge in [0.15, 0.2) is 0 Å². The number of nitrogens with zero attached hydrogens (tertiary/aromatic N) is 2. The van der Waals surface area contributed by atoms with Gasteiger partial charge in [-0.3, -0.25) is 4.99 Å². The van der Waals surface area contributed by atoms with Crippen molar-refractivity contribution in [1.29, 1.82) is 5.26 Å². The van der Waals surface area contributed by atoms with Crippen molar-refractivity contribution in [2.24, 2.45) is 4.99 Å². The van der Waals surface area contributed by atoms with E-state index in [0.717, 1.165) is 29.7 Å². The standard InChI is InChI=1S/C10H8N2/c11-6-8-2-1-3-9-7-12-5-4-10(8)9/h1-3,7H,4-5H2. The summed E-state index contributed by atoms with van der Waals surface area (Å²) in [6, 6.07) is 7.95. The molecule has 0 radical (unpaired) electrons. The van der Waals surface area contributed by atoms with Crippen LogP contribution in [0.3, 0.4) is 0 Å². The molecule has 2 nitrogen and oxygen atoms in total. The molecule has 1 aromatic rings. The van der Waals surface area contributed by atoms with Crippen molar-refractivity contribution in [1.82, 2.24) is 0 Å². The SMILES string of the molecule is N#Cc1cccc2c1CCN=C2. The van der Waals surface area contributed by atoms with Crippen LogP contribution in [0, 0.1) is 11.3 Å². The van der Waals surface area contributed by atoms with Gasteiger partial charge < -0.3 is 0 Å². The highest BCUT2D eigenvalue weighted by molar-refractivity contribution is 5.83. The zero-order valence-corrected chi connectivity index (χ0v) is 6.62. The quantitative estimate of drug-likeness (QED) is 0.561. The molecule has 12 heavy (non-hydrogen) atoms. The molecule has 0 aliphatic carbocycles. The zero-order chi connectivity index (χ0) is 8.39. The predicted octanol–water partition coefficient (Wildman–Crippen LogP) is 1.53. The van der Waals surface area contributed by atoms with Crippen LogP contribution in [0.2, 0.25) is 0 Å². The van der Waals surface area contributed by atoms with Crippen LogP contribution in [-0.4, -0.2) is 12.8 Å². The van der Waals surface area contributed by atoms with Crippen molar-refractivity contribution >= 4 is 6.21 Å². The molecule has 1 aromatic carbocycles. The van der Waals surface area contributed by atoms with Crippen LogP contribution in [0.1, 0.15) is 16.7 Å². The Morgan fingerprint density at radius 3 is 3.17 bits per heavy atom. The van der Waals surface area contributed by atoms with Crippen LogP contribution in [-0.2, 0) is 6.42 Å². The summed E-state index contributed by atoms with van der Waals surface area (Å²) >= 11 is 0. The van der Waals surface area contributed by atoms with Gasteiger partial charge in [-0.05, 0) is 23.6 Å². The summed E-state index contributed by atoms with van der Waals surface area (Å²) in [6.07, 6.45) is 2.75. The van der Waals surface area contributed by atoms with Crippen molar-refractivity contribution in [3.63, 3.8) is 0 Å². The van der Waals surface area contributed by atoms with Crippen LogP contribution < -0.4 is 0 Å². The molecule has 0 saturated carbocycles. The highest BCUT2D eigenvalue weighted by Gasteiger charge is 2.08. The summed E-state index contributed by atoms with van der Waals surface area (Å²) in [5.74, 6) is 0. The molecule has 2 rings (SSSR count). The van der Waals surface area contributed by atoms with E-state index in [-0.39, 0.29) is 0 Å². The second-order valence-corrected chi connectivity index (χ2v) is 2.77. The van der Waals surface area contributed by atoms with Crippen LogP contribution in [0.15, 0.2) is 23.2 Å². The van der Waals surface area contributed by atoms with E-state index in [1.54, 1.807) is 0 Å². The molecule has 0 bridgehead atoms. The van der Waals surface area contributed by atoms with E-state index in [1.165, 1.54) is 0 Å².